The van der Waals surface area contributed by atoms with Crippen molar-refractivity contribution in [2.24, 2.45) is 12.0 Å². The highest BCUT2D eigenvalue weighted by Gasteiger charge is 2.24. The molecule has 146 valence electrons. The Morgan fingerprint density at radius 3 is 2.74 bits per heavy atom. The van der Waals surface area contributed by atoms with Gasteiger partial charge in [-0.1, -0.05) is 30.3 Å². The summed E-state index contributed by atoms with van der Waals surface area (Å²) in [6.45, 7) is 8.46. The Kier molecular flexibility index (Phi) is 6.81. The molecule has 2 N–H and O–H groups in total. The van der Waals surface area contributed by atoms with Crippen LogP contribution >= 0.6 is 0 Å². The largest absolute Gasteiger partial charge is 0.357 e. The standard InChI is InChI=1S/C20H31N7/c1-4-21-20(23-14-19-25-24-16(2)26(19)3)22-13-18-11-8-12-27(18)15-17-9-6-5-7-10-17/h5-7,9-10,18H,4,8,11-15H2,1-3H3,(H2,21,22,23). The van der Waals surface area contributed by atoms with Crippen molar-refractivity contribution in [3.05, 3.63) is 47.5 Å². The van der Waals surface area contributed by atoms with Gasteiger partial charge in [-0.15, -0.1) is 10.2 Å². The molecule has 0 saturated carbocycles. The van der Waals surface area contributed by atoms with Gasteiger partial charge in [0, 0.05) is 32.7 Å². The number of hydrogen-bond acceptors (Lipinski definition) is 4. The molecule has 2 heterocycles. The molecule has 0 amide bonds. The molecule has 1 unspecified atom stereocenters. The van der Waals surface area contributed by atoms with Gasteiger partial charge >= 0.3 is 0 Å². The van der Waals surface area contributed by atoms with Crippen molar-refractivity contribution in [1.29, 1.82) is 0 Å². The third kappa shape index (κ3) is 5.29. The molecule has 1 fully saturated rings. The van der Waals surface area contributed by atoms with Gasteiger partial charge < -0.3 is 15.2 Å². The first-order valence-corrected chi connectivity index (χ1v) is 9.82. The molecule has 0 aliphatic carbocycles. The van der Waals surface area contributed by atoms with Crippen LogP contribution in [0.25, 0.3) is 0 Å². The maximum absolute atomic E-state index is 4.68. The Morgan fingerprint density at radius 1 is 1.22 bits per heavy atom. The Balaban J connectivity index is 1.56. The summed E-state index contributed by atoms with van der Waals surface area (Å²) in [6.07, 6.45) is 2.48. The number of nitrogens with one attached hydrogen (secondary N) is 2. The Bertz CT molecular complexity index is 738. The summed E-state index contributed by atoms with van der Waals surface area (Å²) in [4.78, 5) is 7.25. The summed E-state index contributed by atoms with van der Waals surface area (Å²) in [5.74, 6) is 2.61. The van der Waals surface area contributed by atoms with E-state index in [1.807, 2.05) is 18.5 Å². The van der Waals surface area contributed by atoms with Crippen LogP contribution in [-0.2, 0) is 20.1 Å². The maximum atomic E-state index is 4.68. The zero-order valence-corrected chi connectivity index (χ0v) is 16.6. The third-order valence-electron chi connectivity index (χ3n) is 5.14. The number of likely N-dealkylation sites (tertiary alicyclic amines) is 1. The van der Waals surface area contributed by atoms with Crippen LogP contribution in [0, 0.1) is 6.92 Å². The van der Waals surface area contributed by atoms with Crippen LogP contribution < -0.4 is 10.6 Å². The molecule has 0 bridgehead atoms. The molecule has 7 heteroatoms. The van der Waals surface area contributed by atoms with Gasteiger partial charge in [-0.3, -0.25) is 4.90 Å². The number of aliphatic imine (C=N–C) groups is 1. The highest BCUT2D eigenvalue weighted by atomic mass is 15.3. The van der Waals surface area contributed by atoms with E-state index >= 15 is 0 Å². The van der Waals surface area contributed by atoms with E-state index in [2.05, 4.69) is 68.0 Å². The molecule has 1 atom stereocenters. The molecule has 7 nitrogen and oxygen atoms in total. The quantitative estimate of drug-likeness (QED) is 0.576. The molecule has 2 aromatic rings. The van der Waals surface area contributed by atoms with E-state index in [1.165, 1.54) is 18.4 Å². The predicted octanol–water partition coefficient (Wildman–Crippen LogP) is 1.84. The van der Waals surface area contributed by atoms with Crippen LogP contribution in [0.1, 0.15) is 37.0 Å². The van der Waals surface area contributed by atoms with Gasteiger partial charge in [-0.25, -0.2) is 4.99 Å². The van der Waals surface area contributed by atoms with Crippen LogP contribution in [0.15, 0.2) is 35.3 Å². The lowest BCUT2D eigenvalue weighted by molar-refractivity contribution is 0.245. The van der Waals surface area contributed by atoms with E-state index in [4.69, 9.17) is 0 Å². The first kappa shape index (κ1) is 19.4. The lowest BCUT2D eigenvalue weighted by Crippen LogP contribution is -2.44. The monoisotopic (exact) mass is 369 g/mol. The number of aryl methyl sites for hydroxylation is 1. The number of guanidine groups is 1. The van der Waals surface area contributed by atoms with Crippen molar-refractivity contribution in [3.63, 3.8) is 0 Å². The second-order valence-corrected chi connectivity index (χ2v) is 7.05. The summed E-state index contributed by atoms with van der Waals surface area (Å²) in [6, 6.07) is 11.2. The van der Waals surface area contributed by atoms with E-state index < -0.39 is 0 Å². The van der Waals surface area contributed by atoms with Gasteiger partial charge in [0.25, 0.3) is 0 Å². The van der Waals surface area contributed by atoms with E-state index in [9.17, 15) is 0 Å². The zero-order chi connectivity index (χ0) is 19.1. The van der Waals surface area contributed by atoms with Gasteiger partial charge in [0.1, 0.15) is 12.4 Å². The van der Waals surface area contributed by atoms with E-state index in [-0.39, 0.29) is 0 Å². The molecule has 1 aliphatic rings. The lowest BCUT2D eigenvalue weighted by Gasteiger charge is -2.25. The molecule has 1 aromatic heterocycles. The normalized spacial score (nSPS) is 18.0. The van der Waals surface area contributed by atoms with Gasteiger partial charge in [0.05, 0.1) is 0 Å². The lowest BCUT2D eigenvalue weighted by atomic mass is 10.2. The van der Waals surface area contributed by atoms with Gasteiger partial charge in [0.2, 0.25) is 0 Å². The Morgan fingerprint density at radius 2 is 2.04 bits per heavy atom. The van der Waals surface area contributed by atoms with Crippen molar-refractivity contribution >= 4 is 5.96 Å². The average Bonchev–Trinajstić information content (AvgIpc) is 3.25. The molecule has 1 aliphatic heterocycles. The van der Waals surface area contributed by atoms with Crippen LogP contribution in [-0.4, -0.2) is 51.3 Å². The molecule has 27 heavy (non-hydrogen) atoms. The minimum atomic E-state index is 0.519. The molecule has 0 radical (unpaired) electrons. The fraction of sp³-hybridized carbons (Fsp3) is 0.550. The van der Waals surface area contributed by atoms with Crippen LogP contribution in [0.3, 0.4) is 0 Å². The molecular formula is C20H31N7. The van der Waals surface area contributed by atoms with Gasteiger partial charge in [-0.2, -0.15) is 0 Å². The van der Waals surface area contributed by atoms with E-state index in [0.29, 0.717) is 12.6 Å². The zero-order valence-electron chi connectivity index (χ0n) is 16.6. The maximum Gasteiger partial charge on any atom is 0.191 e. The first-order chi connectivity index (χ1) is 13.2. The number of nitrogens with zero attached hydrogens (tertiary/aromatic N) is 5. The Labute approximate surface area is 161 Å². The average molecular weight is 370 g/mol. The summed E-state index contributed by atoms with van der Waals surface area (Å²) >= 11 is 0. The highest BCUT2D eigenvalue weighted by molar-refractivity contribution is 5.79. The van der Waals surface area contributed by atoms with Crippen LogP contribution in [0.5, 0.6) is 0 Å². The molecule has 1 aromatic carbocycles. The van der Waals surface area contributed by atoms with E-state index in [0.717, 1.165) is 43.8 Å². The molecular weight excluding hydrogens is 338 g/mol. The minimum Gasteiger partial charge on any atom is -0.357 e. The highest BCUT2D eigenvalue weighted by Crippen LogP contribution is 2.19. The topological polar surface area (TPSA) is 70.4 Å². The fourth-order valence-corrected chi connectivity index (χ4v) is 3.45. The number of rotatable bonds is 7. The van der Waals surface area contributed by atoms with Gasteiger partial charge in [-0.05, 0) is 38.8 Å². The molecule has 1 saturated heterocycles. The SMILES string of the molecule is CCNC(=NCc1nnc(C)n1C)NCC1CCCN1Cc1ccccc1. The number of aromatic nitrogens is 3. The number of benzene rings is 1. The first-order valence-electron chi connectivity index (χ1n) is 9.82. The summed E-state index contributed by atoms with van der Waals surface area (Å²) in [5.41, 5.74) is 1.38. The third-order valence-corrected chi connectivity index (χ3v) is 5.14. The van der Waals surface area contributed by atoms with Crippen molar-refractivity contribution < 1.29 is 0 Å². The predicted molar refractivity (Wildman–Crippen MR) is 108 cm³/mol. The molecule has 0 spiro atoms. The van der Waals surface area contributed by atoms with Crippen LogP contribution in [0.2, 0.25) is 0 Å². The summed E-state index contributed by atoms with van der Waals surface area (Å²) < 4.78 is 1.98. The smallest absolute Gasteiger partial charge is 0.191 e. The number of hydrogen-bond donors (Lipinski definition) is 2. The summed E-state index contributed by atoms with van der Waals surface area (Å²) in [5, 5.41) is 15.1. The van der Waals surface area contributed by atoms with Crippen molar-refractivity contribution in [1.82, 2.24) is 30.3 Å². The minimum absolute atomic E-state index is 0.519. The van der Waals surface area contributed by atoms with E-state index in [1.54, 1.807) is 0 Å². The molecule has 3 rings (SSSR count). The summed E-state index contributed by atoms with van der Waals surface area (Å²) in [7, 11) is 1.97. The Hall–Kier alpha value is -2.41. The fourth-order valence-electron chi connectivity index (χ4n) is 3.45. The van der Waals surface area contributed by atoms with Crippen LogP contribution in [0.4, 0.5) is 0 Å². The van der Waals surface area contributed by atoms with Crippen molar-refractivity contribution in [3.8, 4) is 0 Å². The second-order valence-electron chi connectivity index (χ2n) is 7.05. The van der Waals surface area contributed by atoms with Gasteiger partial charge in [0.15, 0.2) is 11.8 Å². The second kappa shape index (κ2) is 9.50. The van der Waals surface area contributed by atoms with Crippen molar-refractivity contribution in [2.75, 3.05) is 19.6 Å². The van der Waals surface area contributed by atoms with Crippen molar-refractivity contribution in [2.45, 2.75) is 45.8 Å².